The lowest BCUT2D eigenvalue weighted by Gasteiger charge is -2.20. The summed E-state index contributed by atoms with van der Waals surface area (Å²) in [4.78, 5) is 13.2. The van der Waals surface area contributed by atoms with E-state index in [-0.39, 0.29) is 5.91 Å². The van der Waals surface area contributed by atoms with Crippen molar-refractivity contribution in [3.8, 4) is 0 Å². The van der Waals surface area contributed by atoms with Crippen molar-refractivity contribution in [1.29, 1.82) is 0 Å². The van der Waals surface area contributed by atoms with Gasteiger partial charge >= 0.3 is 0 Å². The summed E-state index contributed by atoms with van der Waals surface area (Å²) in [5, 5.41) is 6.36. The average molecular weight is 444 g/mol. The number of halogens is 1. The third-order valence-electron chi connectivity index (χ3n) is 4.59. The minimum atomic E-state index is -3.48. The molecule has 4 rings (SSSR count). The highest BCUT2D eigenvalue weighted by atomic mass is 35.5. The Bertz CT molecular complexity index is 1220. The minimum absolute atomic E-state index is 0.331. The number of benzene rings is 2. The monoisotopic (exact) mass is 443 g/mol. The van der Waals surface area contributed by atoms with Gasteiger partial charge in [0.05, 0.1) is 23.9 Å². The molecule has 7 nitrogen and oxygen atoms in total. The third kappa shape index (κ3) is 4.24. The Balaban J connectivity index is 1.76. The molecule has 1 aliphatic heterocycles. The van der Waals surface area contributed by atoms with E-state index in [9.17, 15) is 13.2 Å². The highest BCUT2D eigenvalue weighted by Crippen LogP contribution is 2.36. The number of anilines is 1. The van der Waals surface area contributed by atoms with E-state index < -0.39 is 16.1 Å². The Morgan fingerprint density at radius 2 is 1.97 bits per heavy atom. The molecule has 1 atom stereocenters. The Hall–Kier alpha value is -3.10. The first kappa shape index (κ1) is 20.2. The van der Waals surface area contributed by atoms with Crippen LogP contribution < -0.4 is 4.72 Å². The zero-order valence-electron chi connectivity index (χ0n) is 15.9. The number of carbonyl (C=O) groups is 1. The number of hydrazone groups is 1. The normalized spacial score (nSPS) is 16.4. The third-order valence-corrected chi connectivity index (χ3v) is 5.42. The molecule has 1 amide bonds. The molecule has 9 heteroatoms. The molecule has 0 saturated carbocycles. The number of rotatable bonds is 5. The molecule has 2 aromatic carbocycles. The van der Waals surface area contributed by atoms with Gasteiger partial charge in [0.2, 0.25) is 10.0 Å². The van der Waals surface area contributed by atoms with Gasteiger partial charge in [0, 0.05) is 22.6 Å². The maximum absolute atomic E-state index is 13.2. The fraction of sp³-hybridized carbons (Fsp3) is 0.143. The van der Waals surface area contributed by atoms with Crippen LogP contribution in [0.15, 0.2) is 76.4 Å². The van der Waals surface area contributed by atoms with Crippen LogP contribution in [0.3, 0.4) is 0 Å². The van der Waals surface area contributed by atoms with Crippen LogP contribution in [0.2, 0.25) is 5.02 Å². The Morgan fingerprint density at radius 1 is 1.17 bits per heavy atom. The Morgan fingerprint density at radius 3 is 2.67 bits per heavy atom. The quantitative estimate of drug-likeness (QED) is 0.636. The van der Waals surface area contributed by atoms with Gasteiger partial charge in [-0.2, -0.15) is 5.10 Å². The van der Waals surface area contributed by atoms with Crippen LogP contribution in [0.25, 0.3) is 0 Å². The lowest BCUT2D eigenvalue weighted by molar-refractivity contribution is 0.0693. The SMILES string of the molecule is CS(=O)(=O)Nc1ccccc1C1=NN(C(=O)c2cccc(Cl)c2)C(c2ccco2)C1. The van der Waals surface area contributed by atoms with Crippen molar-refractivity contribution in [1.82, 2.24) is 5.01 Å². The fourth-order valence-corrected chi connectivity index (χ4v) is 4.11. The lowest BCUT2D eigenvalue weighted by atomic mass is 10.0. The van der Waals surface area contributed by atoms with Crippen molar-refractivity contribution in [3.05, 3.63) is 88.8 Å². The second-order valence-corrected chi connectivity index (χ2v) is 9.05. The number of amides is 1. The first-order chi connectivity index (χ1) is 14.3. The summed E-state index contributed by atoms with van der Waals surface area (Å²) < 4.78 is 31.6. The number of hydrogen-bond donors (Lipinski definition) is 1. The van der Waals surface area contributed by atoms with E-state index in [4.69, 9.17) is 16.0 Å². The van der Waals surface area contributed by atoms with E-state index >= 15 is 0 Å². The number of furan rings is 1. The largest absolute Gasteiger partial charge is 0.467 e. The molecule has 30 heavy (non-hydrogen) atoms. The van der Waals surface area contributed by atoms with E-state index in [2.05, 4.69) is 9.82 Å². The standard InChI is InChI=1S/C21H18ClN3O4S/c1-30(27,28)24-17-9-3-2-8-16(17)18-13-19(20-10-5-11-29-20)25(23-18)21(26)14-6-4-7-15(22)12-14/h2-12,19,24H,13H2,1H3. The number of carbonyl (C=O) groups excluding carboxylic acids is 1. The van der Waals surface area contributed by atoms with Gasteiger partial charge in [-0.3, -0.25) is 9.52 Å². The minimum Gasteiger partial charge on any atom is -0.467 e. The summed E-state index contributed by atoms with van der Waals surface area (Å²) in [6, 6.07) is 16.6. The summed E-state index contributed by atoms with van der Waals surface area (Å²) in [7, 11) is -3.48. The fourth-order valence-electron chi connectivity index (χ4n) is 3.34. The van der Waals surface area contributed by atoms with Crippen molar-refractivity contribution in [2.24, 2.45) is 5.10 Å². The highest BCUT2D eigenvalue weighted by molar-refractivity contribution is 7.92. The molecule has 3 aromatic rings. The van der Waals surface area contributed by atoms with Crippen LogP contribution >= 0.6 is 11.6 Å². The molecule has 0 bridgehead atoms. The summed E-state index contributed by atoms with van der Waals surface area (Å²) in [6.45, 7) is 0. The smallest absolute Gasteiger partial charge is 0.274 e. The zero-order valence-corrected chi connectivity index (χ0v) is 17.5. The maximum atomic E-state index is 13.2. The van der Waals surface area contributed by atoms with Crippen molar-refractivity contribution in [3.63, 3.8) is 0 Å². The Kier molecular flexibility index (Phi) is 5.36. The van der Waals surface area contributed by atoms with Crippen LogP contribution in [0, 0.1) is 0 Å². The van der Waals surface area contributed by atoms with Gasteiger partial charge in [0.1, 0.15) is 11.8 Å². The second kappa shape index (κ2) is 7.97. The van der Waals surface area contributed by atoms with Crippen LogP contribution in [0.5, 0.6) is 0 Å². The Labute approximate surface area is 179 Å². The van der Waals surface area contributed by atoms with Gasteiger partial charge in [-0.15, -0.1) is 0 Å². The molecule has 0 saturated heterocycles. The van der Waals surface area contributed by atoms with Crippen LogP contribution in [0.4, 0.5) is 5.69 Å². The van der Waals surface area contributed by atoms with Crippen LogP contribution in [-0.4, -0.2) is 31.3 Å². The van der Waals surface area contributed by atoms with Gasteiger partial charge < -0.3 is 4.42 Å². The summed E-state index contributed by atoms with van der Waals surface area (Å²) in [5.41, 5.74) is 1.96. The van der Waals surface area contributed by atoms with Gasteiger partial charge in [-0.25, -0.2) is 13.4 Å². The molecule has 0 fully saturated rings. The van der Waals surface area contributed by atoms with Crippen molar-refractivity contribution in [2.75, 3.05) is 11.0 Å². The van der Waals surface area contributed by atoms with Crippen LogP contribution in [0.1, 0.15) is 34.1 Å². The van der Waals surface area contributed by atoms with Gasteiger partial charge in [-0.1, -0.05) is 35.9 Å². The molecular weight excluding hydrogens is 426 g/mol. The van der Waals surface area contributed by atoms with Gasteiger partial charge in [0.25, 0.3) is 5.91 Å². The lowest BCUT2D eigenvalue weighted by Crippen LogP contribution is -2.26. The van der Waals surface area contributed by atoms with Crippen molar-refractivity contribution >= 4 is 38.9 Å². The van der Waals surface area contributed by atoms with E-state index in [1.165, 1.54) is 11.3 Å². The average Bonchev–Trinajstić information content (AvgIpc) is 3.36. The van der Waals surface area contributed by atoms with E-state index in [1.807, 2.05) is 0 Å². The molecule has 1 unspecified atom stereocenters. The van der Waals surface area contributed by atoms with Gasteiger partial charge in [-0.05, 0) is 36.4 Å². The van der Waals surface area contributed by atoms with E-state index in [0.29, 0.717) is 39.7 Å². The molecule has 1 aromatic heterocycles. The van der Waals surface area contributed by atoms with Crippen LogP contribution in [-0.2, 0) is 10.0 Å². The zero-order chi connectivity index (χ0) is 21.3. The topological polar surface area (TPSA) is 92.0 Å². The molecule has 0 radical (unpaired) electrons. The molecule has 154 valence electrons. The van der Waals surface area contributed by atoms with E-state index in [0.717, 1.165) is 6.26 Å². The van der Waals surface area contributed by atoms with Gasteiger partial charge in [0.15, 0.2) is 0 Å². The van der Waals surface area contributed by atoms with Crippen molar-refractivity contribution < 1.29 is 17.6 Å². The second-order valence-electron chi connectivity index (χ2n) is 6.86. The summed E-state index contributed by atoms with van der Waals surface area (Å²) in [5.74, 6) is 0.250. The molecule has 2 heterocycles. The number of nitrogens with one attached hydrogen (secondary N) is 1. The first-order valence-electron chi connectivity index (χ1n) is 9.09. The predicted octanol–water partition coefficient (Wildman–Crippen LogP) is 4.30. The summed E-state index contributed by atoms with van der Waals surface area (Å²) >= 11 is 6.05. The number of hydrogen-bond acceptors (Lipinski definition) is 5. The number of nitrogens with zero attached hydrogens (tertiary/aromatic N) is 2. The van der Waals surface area contributed by atoms with E-state index in [1.54, 1.807) is 60.7 Å². The number of para-hydroxylation sites is 1. The highest BCUT2D eigenvalue weighted by Gasteiger charge is 2.36. The maximum Gasteiger partial charge on any atom is 0.274 e. The molecule has 1 aliphatic rings. The molecular formula is C21H18ClN3O4S. The first-order valence-corrected chi connectivity index (χ1v) is 11.4. The van der Waals surface area contributed by atoms with Crippen molar-refractivity contribution in [2.45, 2.75) is 12.5 Å². The number of sulfonamides is 1. The predicted molar refractivity (Wildman–Crippen MR) is 115 cm³/mol. The molecule has 0 aliphatic carbocycles. The summed E-state index contributed by atoms with van der Waals surface area (Å²) in [6.07, 6.45) is 2.98. The molecule has 1 N–H and O–H groups in total. The molecule has 0 spiro atoms.